The van der Waals surface area contributed by atoms with Crippen molar-refractivity contribution in [1.29, 1.82) is 0 Å². The Morgan fingerprint density at radius 3 is 2.06 bits per heavy atom. The van der Waals surface area contributed by atoms with Crippen LogP contribution in [0, 0.1) is 17.3 Å². The van der Waals surface area contributed by atoms with Crippen LogP contribution in [0.4, 0.5) is 0 Å². The molecule has 0 aliphatic heterocycles. The lowest BCUT2D eigenvalue weighted by Crippen LogP contribution is -2.32. The molecule has 0 aromatic rings. The molecule has 1 heteroatoms. The van der Waals surface area contributed by atoms with Crippen LogP contribution in [0.25, 0.3) is 0 Å². The summed E-state index contributed by atoms with van der Waals surface area (Å²) in [4.78, 5) is 0. The molecule has 0 bridgehead atoms. The van der Waals surface area contributed by atoms with Crippen molar-refractivity contribution in [2.24, 2.45) is 17.3 Å². The number of halogens is 1. The average molecular weight is 257 g/mol. The summed E-state index contributed by atoms with van der Waals surface area (Å²) >= 11 is 6.25. The molecule has 0 radical (unpaired) electrons. The van der Waals surface area contributed by atoms with Crippen LogP contribution in [0.5, 0.6) is 0 Å². The van der Waals surface area contributed by atoms with Gasteiger partial charge >= 0.3 is 0 Å². The summed E-state index contributed by atoms with van der Waals surface area (Å²) in [6.07, 6.45) is 15.9. The Balaban J connectivity index is 1.83. The first-order valence-corrected chi connectivity index (χ1v) is 8.39. The molecule has 0 amide bonds. The zero-order valence-corrected chi connectivity index (χ0v) is 12.3. The van der Waals surface area contributed by atoms with Crippen LogP contribution in [0.1, 0.15) is 77.6 Å². The Bertz CT molecular complexity index is 210. The van der Waals surface area contributed by atoms with E-state index in [4.69, 9.17) is 11.6 Å². The van der Waals surface area contributed by atoms with Crippen molar-refractivity contribution in [3.63, 3.8) is 0 Å². The Morgan fingerprint density at radius 1 is 0.941 bits per heavy atom. The SMILES string of the molecule is CCCC1(CCl)CCC(C2CCCCC2)CC1. The molecule has 0 aromatic heterocycles. The predicted octanol–water partition coefficient (Wildman–Crippen LogP) is 5.78. The molecular formula is C16H29Cl. The number of rotatable bonds is 4. The largest absolute Gasteiger partial charge is 0.126 e. The molecule has 0 N–H and O–H groups in total. The first kappa shape index (κ1) is 13.7. The molecule has 2 rings (SSSR count). The van der Waals surface area contributed by atoms with Gasteiger partial charge in [-0.2, -0.15) is 0 Å². The highest BCUT2D eigenvalue weighted by molar-refractivity contribution is 6.18. The van der Waals surface area contributed by atoms with Gasteiger partial charge in [0, 0.05) is 5.88 Å². The standard InChI is InChI=1S/C16H29Cl/c1-2-10-16(13-17)11-8-15(9-12-16)14-6-4-3-5-7-14/h14-15H,2-13H2,1H3. The van der Waals surface area contributed by atoms with Crippen molar-refractivity contribution >= 4 is 11.6 Å². The molecule has 0 saturated heterocycles. The molecule has 0 atom stereocenters. The van der Waals surface area contributed by atoms with Crippen molar-refractivity contribution in [2.75, 3.05) is 5.88 Å². The first-order chi connectivity index (χ1) is 8.29. The molecule has 0 aromatic carbocycles. The maximum atomic E-state index is 6.25. The monoisotopic (exact) mass is 256 g/mol. The molecule has 2 aliphatic rings. The molecule has 0 nitrogen and oxygen atoms in total. The van der Waals surface area contributed by atoms with Crippen molar-refractivity contribution < 1.29 is 0 Å². The maximum absolute atomic E-state index is 6.25. The van der Waals surface area contributed by atoms with Crippen molar-refractivity contribution in [1.82, 2.24) is 0 Å². The summed E-state index contributed by atoms with van der Waals surface area (Å²) in [5, 5.41) is 0. The molecule has 0 spiro atoms. The van der Waals surface area contributed by atoms with Crippen LogP contribution >= 0.6 is 11.6 Å². The Morgan fingerprint density at radius 2 is 1.53 bits per heavy atom. The average Bonchev–Trinajstić information content (AvgIpc) is 2.41. The van der Waals surface area contributed by atoms with Crippen LogP contribution in [-0.4, -0.2) is 5.88 Å². The summed E-state index contributed by atoms with van der Waals surface area (Å²) < 4.78 is 0. The van der Waals surface area contributed by atoms with Gasteiger partial charge in [-0.1, -0.05) is 45.4 Å². The molecule has 2 aliphatic carbocycles. The van der Waals surface area contributed by atoms with E-state index in [-0.39, 0.29) is 0 Å². The zero-order valence-electron chi connectivity index (χ0n) is 11.5. The number of alkyl halides is 1. The predicted molar refractivity (Wildman–Crippen MR) is 76.6 cm³/mol. The normalized spacial score (nSPS) is 36.0. The van der Waals surface area contributed by atoms with Gasteiger partial charge in [-0.15, -0.1) is 11.6 Å². The maximum Gasteiger partial charge on any atom is 0.0280 e. The minimum Gasteiger partial charge on any atom is -0.126 e. The number of hydrogen-bond acceptors (Lipinski definition) is 0. The van der Waals surface area contributed by atoms with Crippen molar-refractivity contribution in [3.8, 4) is 0 Å². The second-order valence-corrected chi connectivity index (χ2v) is 6.89. The van der Waals surface area contributed by atoms with Crippen molar-refractivity contribution in [3.05, 3.63) is 0 Å². The van der Waals surface area contributed by atoms with Gasteiger partial charge in [-0.25, -0.2) is 0 Å². The highest BCUT2D eigenvalue weighted by atomic mass is 35.5. The van der Waals surface area contributed by atoms with E-state index in [9.17, 15) is 0 Å². The van der Waals surface area contributed by atoms with E-state index < -0.39 is 0 Å². The van der Waals surface area contributed by atoms with E-state index in [1.165, 1.54) is 70.6 Å². The fourth-order valence-corrected chi connectivity index (χ4v) is 4.71. The van der Waals surface area contributed by atoms with Crippen LogP contribution in [0.2, 0.25) is 0 Å². The lowest BCUT2D eigenvalue weighted by molar-refractivity contribution is 0.109. The lowest BCUT2D eigenvalue weighted by atomic mass is 9.64. The van der Waals surface area contributed by atoms with Gasteiger partial charge in [0.25, 0.3) is 0 Å². The van der Waals surface area contributed by atoms with E-state index in [1.807, 2.05) is 0 Å². The molecule has 0 heterocycles. The van der Waals surface area contributed by atoms with Gasteiger partial charge in [0.1, 0.15) is 0 Å². The molecule has 2 fully saturated rings. The second-order valence-electron chi connectivity index (χ2n) is 6.62. The van der Waals surface area contributed by atoms with E-state index in [0.29, 0.717) is 5.41 Å². The van der Waals surface area contributed by atoms with E-state index in [2.05, 4.69) is 6.92 Å². The van der Waals surface area contributed by atoms with E-state index in [1.54, 1.807) is 0 Å². The van der Waals surface area contributed by atoms with Gasteiger partial charge in [-0.3, -0.25) is 0 Å². The molecular weight excluding hydrogens is 228 g/mol. The van der Waals surface area contributed by atoms with Crippen molar-refractivity contribution in [2.45, 2.75) is 77.6 Å². The Kier molecular flexibility index (Phi) is 5.21. The minimum absolute atomic E-state index is 0.515. The van der Waals surface area contributed by atoms with E-state index >= 15 is 0 Å². The molecule has 100 valence electrons. The first-order valence-electron chi connectivity index (χ1n) is 7.85. The van der Waals surface area contributed by atoms with Gasteiger partial charge in [0.2, 0.25) is 0 Å². The Hall–Kier alpha value is 0.290. The van der Waals surface area contributed by atoms with Gasteiger partial charge in [0.05, 0.1) is 0 Å². The van der Waals surface area contributed by atoms with Crippen LogP contribution < -0.4 is 0 Å². The summed E-state index contributed by atoms with van der Waals surface area (Å²) in [5.41, 5.74) is 0.515. The lowest BCUT2D eigenvalue weighted by Gasteiger charge is -2.42. The highest BCUT2D eigenvalue weighted by Crippen LogP contribution is 2.47. The summed E-state index contributed by atoms with van der Waals surface area (Å²) in [6.45, 7) is 2.31. The Labute approximate surface area is 113 Å². The van der Waals surface area contributed by atoms with Crippen LogP contribution in [0.3, 0.4) is 0 Å². The summed E-state index contributed by atoms with van der Waals surface area (Å²) in [7, 11) is 0. The quantitative estimate of drug-likeness (QED) is 0.559. The van der Waals surface area contributed by atoms with Gasteiger partial charge in [0.15, 0.2) is 0 Å². The topological polar surface area (TPSA) is 0 Å². The molecule has 17 heavy (non-hydrogen) atoms. The van der Waals surface area contributed by atoms with Crippen LogP contribution in [0.15, 0.2) is 0 Å². The smallest absolute Gasteiger partial charge is 0.0280 e. The van der Waals surface area contributed by atoms with Gasteiger partial charge < -0.3 is 0 Å². The fourth-order valence-electron chi connectivity index (χ4n) is 4.31. The minimum atomic E-state index is 0.515. The summed E-state index contributed by atoms with van der Waals surface area (Å²) in [5.74, 6) is 3.01. The van der Waals surface area contributed by atoms with Crippen LogP contribution in [-0.2, 0) is 0 Å². The fraction of sp³-hybridized carbons (Fsp3) is 1.00. The third-order valence-corrected chi connectivity index (χ3v) is 6.04. The third kappa shape index (κ3) is 3.40. The molecule has 0 unspecified atom stereocenters. The molecule has 2 saturated carbocycles. The highest BCUT2D eigenvalue weighted by Gasteiger charge is 2.36. The van der Waals surface area contributed by atoms with Gasteiger partial charge in [-0.05, 0) is 49.4 Å². The van der Waals surface area contributed by atoms with E-state index in [0.717, 1.165) is 17.7 Å². The summed E-state index contributed by atoms with van der Waals surface area (Å²) in [6, 6.07) is 0. The zero-order chi connectivity index (χ0) is 12.1. The second kappa shape index (κ2) is 6.45. The number of hydrogen-bond donors (Lipinski definition) is 0. The third-order valence-electron chi connectivity index (χ3n) is 5.47.